The van der Waals surface area contributed by atoms with E-state index in [9.17, 15) is 21.6 Å². The van der Waals surface area contributed by atoms with Crippen LogP contribution >= 0.6 is 0 Å². The summed E-state index contributed by atoms with van der Waals surface area (Å²) in [6.07, 6.45) is 1.44. The number of carbonyl (C=O) groups is 1. The number of sulfonamides is 2. The molecule has 2 aromatic carbocycles. The summed E-state index contributed by atoms with van der Waals surface area (Å²) in [6, 6.07) is 12.8. The summed E-state index contributed by atoms with van der Waals surface area (Å²) < 4.78 is 53.7. The molecule has 150 valence electrons. The van der Waals surface area contributed by atoms with E-state index in [1.807, 2.05) is 12.1 Å². The van der Waals surface area contributed by atoms with Crippen LogP contribution in [0.5, 0.6) is 0 Å². The fourth-order valence-corrected chi connectivity index (χ4v) is 6.04. The molecule has 1 amide bonds. The molecule has 0 unspecified atom stereocenters. The molecule has 8 nitrogen and oxygen atoms in total. The van der Waals surface area contributed by atoms with Crippen molar-refractivity contribution in [2.75, 3.05) is 14.8 Å². The maximum Gasteiger partial charge on any atom is 0.262 e. The molecule has 0 saturated carbocycles. The van der Waals surface area contributed by atoms with Gasteiger partial charge in [0.25, 0.3) is 10.0 Å². The zero-order valence-corrected chi connectivity index (χ0v) is 17.0. The number of hydrogen-bond donors (Lipinski definition) is 1. The normalized spacial score (nSPS) is 16.3. The van der Waals surface area contributed by atoms with Gasteiger partial charge < -0.3 is 0 Å². The van der Waals surface area contributed by atoms with Gasteiger partial charge in [-0.05, 0) is 36.8 Å². The number of anilines is 2. The summed E-state index contributed by atoms with van der Waals surface area (Å²) in [7, 11) is -7.86. The van der Waals surface area contributed by atoms with Crippen molar-refractivity contribution in [3.05, 3.63) is 60.3 Å². The van der Waals surface area contributed by atoms with Gasteiger partial charge in [-0.2, -0.15) is 0 Å². The third-order valence-corrected chi connectivity index (χ3v) is 7.85. The Hall–Kier alpha value is -2.98. The molecule has 0 bridgehead atoms. The van der Waals surface area contributed by atoms with Crippen LogP contribution in [0.25, 0.3) is 10.9 Å². The lowest BCUT2D eigenvalue weighted by molar-refractivity contribution is -0.116. The maximum absolute atomic E-state index is 13.1. The smallest absolute Gasteiger partial charge is 0.262 e. The molecule has 2 heterocycles. The van der Waals surface area contributed by atoms with Crippen molar-refractivity contribution in [1.82, 2.24) is 4.98 Å². The summed E-state index contributed by atoms with van der Waals surface area (Å²) in [5, 5.41) is 0.770. The first kappa shape index (κ1) is 19.3. The molecule has 1 aliphatic heterocycles. The molecule has 1 fully saturated rings. The second-order valence-electron chi connectivity index (χ2n) is 6.66. The molecule has 0 spiro atoms. The highest BCUT2D eigenvalue weighted by atomic mass is 32.2. The maximum atomic E-state index is 13.1. The molecule has 10 heteroatoms. The summed E-state index contributed by atoms with van der Waals surface area (Å²) in [6.45, 7) is 1.60. The van der Waals surface area contributed by atoms with E-state index in [-0.39, 0.29) is 22.8 Å². The summed E-state index contributed by atoms with van der Waals surface area (Å²) in [5.41, 5.74) is 1.22. The number of nitrogens with zero attached hydrogens (tertiary/aromatic N) is 2. The highest BCUT2D eigenvalue weighted by Gasteiger charge is 2.37. The molecular formula is C19H17N3O5S2. The van der Waals surface area contributed by atoms with Gasteiger partial charge in [0.1, 0.15) is 0 Å². The van der Waals surface area contributed by atoms with Crippen LogP contribution in [0.1, 0.15) is 12.0 Å². The quantitative estimate of drug-likeness (QED) is 0.679. The van der Waals surface area contributed by atoms with E-state index >= 15 is 0 Å². The first-order chi connectivity index (χ1) is 13.7. The Balaban J connectivity index is 1.78. The zero-order chi connectivity index (χ0) is 20.8. The second-order valence-corrected chi connectivity index (χ2v) is 10.2. The summed E-state index contributed by atoms with van der Waals surface area (Å²) in [4.78, 5) is 16.2. The third-order valence-electron chi connectivity index (χ3n) is 4.65. The summed E-state index contributed by atoms with van der Waals surface area (Å²) in [5.74, 6) is -0.870. The number of amides is 1. The minimum absolute atomic E-state index is 0.00881. The van der Waals surface area contributed by atoms with Crippen molar-refractivity contribution in [1.29, 1.82) is 0 Å². The lowest BCUT2D eigenvalue weighted by Crippen LogP contribution is -2.29. The van der Waals surface area contributed by atoms with Crippen molar-refractivity contribution < 1.29 is 21.6 Å². The molecule has 29 heavy (non-hydrogen) atoms. The lowest BCUT2D eigenvalue weighted by atomic mass is 10.2. The minimum Gasteiger partial charge on any atom is -0.277 e. The fraction of sp³-hybridized carbons (Fsp3) is 0.158. The number of hydrogen-bond acceptors (Lipinski definition) is 6. The average Bonchev–Trinajstić information content (AvgIpc) is 2.95. The van der Waals surface area contributed by atoms with Gasteiger partial charge in [0.2, 0.25) is 15.9 Å². The van der Waals surface area contributed by atoms with Crippen LogP contribution in [0.2, 0.25) is 0 Å². The van der Waals surface area contributed by atoms with E-state index < -0.39 is 26.0 Å². The number of fused-ring (bicyclic) bond motifs is 1. The number of nitrogens with one attached hydrogen (secondary N) is 1. The van der Waals surface area contributed by atoms with Crippen molar-refractivity contribution in [3.8, 4) is 0 Å². The van der Waals surface area contributed by atoms with Crippen molar-refractivity contribution >= 4 is 48.2 Å². The zero-order valence-electron chi connectivity index (χ0n) is 15.4. The largest absolute Gasteiger partial charge is 0.277 e. The Morgan fingerprint density at radius 1 is 1.10 bits per heavy atom. The van der Waals surface area contributed by atoms with Gasteiger partial charge >= 0.3 is 0 Å². The monoisotopic (exact) mass is 431 g/mol. The molecule has 0 aliphatic carbocycles. The fourth-order valence-electron chi connectivity index (χ4n) is 3.26. The third kappa shape index (κ3) is 3.45. The van der Waals surface area contributed by atoms with Crippen LogP contribution in [0.3, 0.4) is 0 Å². The van der Waals surface area contributed by atoms with Crippen LogP contribution in [0.4, 0.5) is 11.4 Å². The van der Waals surface area contributed by atoms with Crippen molar-refractivity contribution in [2.24, 2.45) is 0 Å². The highest BCUT2D eigenvalue weighted by molar-refractivity contribution is 7.94. The van der Waals surface area contributed by atoms with Gasteiger partial charge in [-0.15, -0.1) is 0 Å². The highest BCUT2D eigenvalue weighted by Crippen LogP contribution is 2.31. The Morgan fingerprint density at radius 2 is 1.86 bits per heavy atom. The van der Waals surface area contributed by atoms with Crippen LogP contribution in [-0.4, -0.2) is 33.5 Å². The molecule has 1 saturated heterocycles. The number of aryl methyl sites for hydroxylation is 1. The first-order valence-electron chi connectivity index (χ1n) is 8.72. The molecule has 4 rings (SSSR count). The van der Waals surface area contributed by atoms with Crippen molar-refractivity contribution in [3.63, 3.8) is 0 Å². The lowest BCUT2D eigenvalue weighted by Gasteiger charge is -2.18. The van der Waals surface area contributed by atoms with Crippen LogP contribution < -0.4 is 9.03 Å². The van der Waals surface area contributed by atoms with E-state index in [0.717, 1.165) is 5.39 Å². The van der Waals surface area contributed by atoms with Gasteiger partial charge in [0.05, 0.1) is 27.5 Å². The van der Waals surface area contributed by atoms with E-state index in [1.165, 1.54) is 18.2 Å². The number of rotatable bonds is 4. The molecule has 0 radical (unpaired) electrons. The van der Waals surface area contributed by atoms with Gasteiger partial charge in [0, 0.05) is 18.0 Å². The number of benzene rings is 2. The van der Waals surface area contributed by atoms with E-state index in [2.05, 4.69) is 9.71 Å². The molecular weight excluding hydrogens is 414 g/mol. The predicted octanol–water partition coefficient (Wildman–Crippen LogP) is 2.41. The van der Waals surface area contributed by atoms with E-state index in [0.29, 0.717) is 21.1 Å². The Morgan fingerprint density at radius 3 is 2.59 bits per heavy atom. The van der Waals surface area contributed by atoms with E-state index in [4.69, 9.17) is 0 Å². The second kappa shape index (κ2) is 6.82. The van der Waals surface area contributed by atoms with Crippen LogP contribution in [-0.2, 0) is 24.8 Å². The van der Waals surface area contributed by atoms with Gasteiger partial charge in [0.15, 0.2) is 0 Å². The number of para-hydroxylation sites is 1. The Labute approximate surface area is 168 Å². The molecule has 0 atom stereocenters. The molecule has 1 aromatic heterocycles. The number of pyridine rings is 1. The van der Waals surface area contributed by atoms with Crippen LogP contribution in [0.15, 0.2) is 59.6 Å². The Kier molecular flexibility index (Phi) is 4.55. The van der Waals surface area contributed by atoms with Crippen molar-refractivity contribution in [2.45, 2.75) is 18.2 Å². The Bertz CT molecular complexity index is 1350. The molecule has 1 N–H and O–H groups in total. The number of carbonyl (C=O) groups excluding carboxylic acids is 1. The predicted molar refractivity (Wildman–Crippen MR) is 110 cm³/mol. The summed E-state index contributed by atoms with van der Waals surface area (Å²) >= 11 is 0. The topological polar surface area (TPSA) is 114 Å². The minimum atomic E-state index is -4.07. The standard InChI is InChI=1S/C19H17N3O5S2/c1-13-7-8-15(22-18(23)9-11-28(22,24)25)12-17(13)29(26,27)21-16-6-2-4-14-5-3-10-20-19(14)16/h2-8,10,12,21H,9,11H2,1H3. The van der Waals surface area contributed by atoms with E-state index in [1.54, 1.807) is 31.3 Å². The van der Waals surface area contributed by atoms with Gasteiger partial charge in [-0.3, -0.25) is 14.5 Å². The number of aromatic nitrogens is 1. The average molecular weight is 431 g/mol. The van der Waals surface area contributed by atoms with Gasteiger partial charge in [-0.1, -0.05) is 24.3 Å². The SMILES string of the molecule is Cc1ccc(N2C(=O)CCS2(=O)=O)cc1S(=O)(=O)Nc1cccc2cccnc12. The molecule has 3 aromatic rings. The molecule has 1 aliphatic rings. The first-order valence-corrected chi connectivity index (χ1v) is 11.8. The van der Waals surface area contributed by atoms with Gasteiger partial charge in [-0.25, -0.2) is 21.1 Å². The van der Waals surface area contributed by atoms with Crippen LogP contribution in [0, 0.1) is 6.92 Å².